The quantitative estimate of drug-likeness (QED) is 0.288. The standard InChI is InChI=1S/C31H29ClF2N6O4/c32-20-4-5-21(36-13-20)16-39-24-6-3-19(12-25(24)44-31(33,34)30(39)42)26-22-14-37-40(15-18-7-9-43-10-8-18)29(22)38-23(11-17-1-2-17)27(26)28(35)41/h3-6,12-14,17-18H,1-2,7-11,15-16H2,(H2,35,41). The van der Waals surface area contributed by atoms with Crippen LogP contribution >= 0.6 is 11.6 Å². The third-order valence-electron chi connectivity index (χ3n) is 8.44. The van der Waals surface area contributed by atoms with Crippen LogP contribution in [-0.4, -0.2) is 50.9 Å². The smallest absolute Gasteiger partial charge is 0.423 e. The second-order valence-electron chi connectivity index (χ2n) is 11.6. The predicted molar refractivity (Wildman–Crippen MR) is 157 cm³/mol. The Morgan fingerprint density at radius 1 is 1.09 bits per heavy atom. The molecule has 1 aromatic carbocycles. The van der Waals surface area contributed by atoms with E-state index in [1.54, 1.807) is 24.4 Å². The van der Waals surface area contributed by atoms with Gasteiger partial charge >= 0.3 is 12.0 Å². The van der Waals surface area contributed by atoms with E-state index in [4.69, 9.17) is 31.8 Å². The van der Waals surface area contributed by atoms with Gasteiger partial charge in [0.15, 0.2) is 11.4 Å². The molecular weight excluding hydrogens is 594 g/mol. The van der Waals surface area contributed by atoms with Crippen LogP contribution in [0.4, 0.5) is 14.5 Å². The zero-order valence-corrected chi connectivity index (χ0v) is 24.4. The zero-order valence-electron chi connectivity index (χ0n) is 23.6. The summed E-state index contributed by atoms with van der Waals surface area (Å²) in [5, 5.41) is 5.59. The fourth-order valence-corrected chi connectivity index (χ4v) is 6.10. The molecule has 4 aromatic rings. The Morgan fingerprint density at radius 2 is 1.89 bits per heavy atom. The number of fused-ring (bicyclic) bond motifs is 2. The van der Waals surface area contributed by atoms with Crippen molar-refractivity contribution < 1.29 is 27.8 Å². The van der Waals surface area contributed by atoms with Crippen LogP contribution in [0.25, 0.3) is 22.2 Å². The summed E-state index contributed by atoms with van der Waals surface area (Å²) in [7, 11) is 0. The van der Waals surface area contributed by atoms with E-state index in [-0.39, 0.29) is 23.5 Å². The summed E-state index contributed by atoms with van der Waals surface area (Å²) in [6.45, 7) is 1.79. The van der Waals surface area contributed by atoms with Crippen LogP contribution in [0.5, 0.6) is 5.75 Å². The van der Waals surface area contributed by atoms with Crippen molar-refractivity contribution >= 4 is 40.1 Å². The van der Waals surface area contributed by atoms with Crippen molar-refractivity contribution in [1.29, 1.82) is 0 Å². The van der Waals surface area contributed by atoms with Crippen LogP contribution in [0.15, 0.2) is 42.7 Å². The van der Waals surface area contributed by atoms with E-state index in [1.807, 2.05) is 4.68 Å². The van der Waals surface area contributed by atoms with Crippen molar-refractivity contribution in [2.75, 3.05) is 18.1 Å². The van der Waals surface area contributed by atoms with Crippen LogP contribution < -0.4 is 15.4 Å². The molecule has 10 nitrogen and oxygen atoms in total. The number of nitrogens with zero attached hydrogens (tertiary/aromatic N) is 5. The van der Waals surface area contributed by atoms with E-state index < -0.39 is 17.9 Å². The predicted octanol–water partition coefficient (Wildman–Crippen LogP) is 5.14. The van der Waals surface area contributed by atoms with Gasteiger partial charge < -0.3 is 15.2 Å². The van der Waals surface area contributed by atoms with Gasteiger partial charge in [0, 0.05) is 36.9 Å². The Bertz CT molecular complexity index is 1770. The molecule has 3 aromatic heterocycles. The number of amides is 2. The molecule has 0 unspecified atom stereocenters. The number of carbonyl (C=O) groups excluding carboxylic acids is 2. The molecule has 1 aliphatic carbocycles. The van der Waals surface area contributed by atoms with Crippen LogP contribution in [0.2, 0.25) is 5.02 Å². The zero-order chi connectivity index (χ0) is 30.6. The van der Waals surface area contributed by atoms with E-state index in [0.29, 0.717) is 76.6 Å². The van der Waals surface area contributed by atoms with Gasteiger partial charge in [-0.05, 0) is 73.8 Å². The first-order valence-corrected chi connectivity index (χ1v) is 15.0. The fraction of sp³-hybridized carbons (Fsp3) is 0.387. The molecule has 7 rings (SSSR count). The number of alkyl halides is 2. The summed E-state index contributed by atoms with van der Waals surface area (Å²) in [5.41, 5.74) is 8.74. The average molecular weight is 623 g/mol. The van der Waals surface area contributed by atoms with Gasteiger partial charge in [-0.15, -0.1) is 0 Å². The number of ether oxygens (including phenoxy) is 2. The van der Waals surface area contributed by atoms with Crippen molar-refractivity contribution in [3.63, 3.8) is 0 Å². The highest BCUT2D eigenvalue weighted by Crippen LogP contribution is 2.45. The van der Waals surface area contributed by atoms with Crippen molar-refractivity contribution in [2.45, 2.75) is 51.3 Å². The van der Waals surface area contributed by atoms with Gasteiger partial charge in [-0.3, -0.25) is 19.5 Å². The second kappa shape index (κ2) is 11.1. The van der Waals surface area contributed by atoms with Crippen LogP contribution in [0.1, 0.15) is 47.4 Å². The minimum atomic E-state index is -4.12. The largest absolute Gasteiger partial charge is 0.482 e. The molecule has 2 N–H and O–H groups in total. The number of primary amides is 1. The van der Waals surface area contributed by atoms with Gasteiger partial charge in [0.2, 0.25) is 0 Å². The number of hydrogen-bond donors (Lipinski definition) is 1. The summed E-state index contributed by atoms with van der Waals surface area (Å²) in [6.07, 6.45) is 3.33. The van der Waals surface area contributed by atoms with Crippen molar-refractivity contribution in [3.8, 4) is 16.9 Å². The Kier molecular flexibility index (Phi) is 7.20. The van der Waals surface area contributed by atoms with E-state index in [0.717, 1.165) is 30.6 Å². The first-order valence-electron chi connectivity index (χ1n) is 14.6. The Morgan fingerprint density at radius 3 is 2.59 bits per heavy atom. The monoisotopic (exact) mass is 622 g/mol. The molecule has 5 heterocycles. The molecule has 0 spiro atoms. The summed E-state index contributed by atoms with van der Waals surface area (Å²) in [6, 6.07) is 7.73. The maximum atomic E-state index is 15.0. The lowest BCUT2D eigenvalue weighted by molar-refractivity contribution is -0.193. The normalized spacial score (nSPS) is 18.3. The lowest BCUT2D eigenvalue weighted by atomic mass is 9.93. The molecule has 1 saturated heterocycles. The lowest BCUT2D eigenvalue weighted by Crippen LogP contribution is -2.50. The van der Waals surface area contributed by atoms with E-state index in [9.17, 15) is 18.4 Å². The summed E-state index contributed by atoms with van der Waals surface area (Å²) in [4.78, 5) is 35.8. The second-order valence-corrected chi connectivity index (χ2v) is 12.0. The maximum absolute atomic E-state index is 15.0. The van der Waals surface area contributed by atoms with Crippen LogP contribution in [-0.2, 0) is 29.0 Å². The molecule has 1 saturated carbocycles. The number of hydrogen-bond acceptors (Lipinski definition) is 7. The molecule has 228 valence electrons. The Hall–Kier alpha value is -4.16. The Balaban J connectivity index is 1.35. The van der Waals surface area contributed by atoms with Gasteiger partial charge in [-0.2, -0.15) is 13.9 Å². The lowest BCUT2D eigenvalue weighted by Gasteiger charge is -2.33. The van der Waals surface area contributed by atoms with Gasteiger partial charge in [0.1, 0.15) is 0 Å². The van der Waals surface area contributed by atoms with Crippen molar-refractivity contribution in [3.05, 3.63) is 64.7 Å². The molecule has 0 atom stereocenters. The summed E-state index contributed by atoms with van der Waals surface area (Å²) >= 11 is 5.92. The molecule has 0 radical (unpaired) electrons. The van der Waals surface area contributed by atoms with Crippen LogP contribution in [0, 0.1) is 11.8 Å². The molecule has 0 bridgehead atoms. The fourth-order valence-electron chi connectivity index (χ4n) is 5.99. The summed E-state index contributed by atoms with van der Waals surface area (Å²) in [5.74, 6) is -1.65. The number of halogens is 3. The van der Waals surface area contributed by atoms with Gasteiger partial charge in [0.25, 0.3) is 5.91 Å². The number of nitrogens with two attached hydrogens (primary N) is 1. The molecule has 2 amide bonds. The number of anilines is 1. The summed E-state index contributed by atoms with van der Waals surface area (Å²) < 4.78 is 42.3. The van der Waals surface area contributed by atoms with Gasteiger partial charge in [-0.1, -0.05) is 17.7 Å². The molecular formula is C31H29ClF2N6O4. The highest BCUT2D eigenvalue weighted by atomic mass is 35.5. The SMILES string of the molecule is NC(=O)c1c(CC2CC2)nc2c(cnn2CC2CCOCC2)c1-c1ccc2c(c1)OC(F)(F)C(=O)N2Cc1ccc(Cl)cn1. The van der Waals surface area contributed by atoms with E-state index >= 15 is 0 Å². The minimum Gasteiger partial charge on any atom is -0.423 e. The van der Waals surface area contributed by atoms with E-state index in [2.05, 4.69) is 10.1 Å². The molecule has 3 aliphatic rings. The topological polar surface area (TPSA) is 125 Å². The number of pyridine rings is 2. The Labute approximate surface area is 256 Å². The number of carbonyl (C=O) groups is 2. The highest BCUT2D eigenvalue weighted by molar-refractivity contribution is 6.30. The number of benzene rings is 1. The highest BCUT2D eigenvalue weighted by Gasteiger charge is 2.50. The molecule has 13 heteroatoms. The first kappa shape index (κ1) is 28.6. The van der Waals surface area contributed by atoms with Gasteiger partial charge in [0.05, 0.1) is 40.4 Å². The maximum Gasteiger partial charge on any atom is 0.482 e. The molecule has 2 aliphatic heterocycles. The van der Waals surface area contributed by atoms with E-state index in [1.165, 1.54) is 18.3 Å². The van der Waals surface area contributed by atoms with Gasteiger partial charge in [-0.25, -0.2) is 9.67 Å². The van der Waals surface area contributed by atoms with Crippen LogP contribution in [0.3, 0.4) is 0 Å². The third kappa shape index (κ3) is 5.36. The number of rotatable bonds is 8. The minimum absolute atomic E-state index is 0.140. The van der Waals surface area contributed by atoms with Crippen molar-refractivity contribution in [1.82, 2.24) is 19.7 Å². The average Bonchev–Trinajstić information content (AvgIpc) is 3.74. The molecule has 2 fully saturated rings. The van der Waals surface area contributed by atoms with Crippen molar-refractivity contribution in [2.24, 2.45) is 17.6 Å². The number of aromatic nitrogens is 4. The first-order chi connectivity index (χ1) is 21.2. The third-order valence-corrected chi connectivity index (χ3v) is 8.66. The molecule has 44 heavy (non-hydrogen) atoms.